The van der Waals surface area contributed by atoms with E-state index in [0.29, 0.717) is 5.69 Å². The van der Waals surface area contributed by atoms with Crippen molar-refractivity contribution in [2.24, 2.45) is 11.7 Å². The zero-order valence-corrected chi connectivity index (χ0v) is 12.5. The summed E-state index contributed by atoms with van der Waals surface area (Å²) in [6.07, 6.45) is 0.808. The molecule has 1 unspecified atom stereocenters. The number of benzene rings is 1. The van der Waals surface area contributed by atoms with Crippen molar-refractivity contribution in [1.29, 1.82) is 0 Å². The van der Waals surface area contributed by atoms with Crippen molar-refractivity contribution in [1.82, 2.24) is 0 Å². The maximum absolute atomic E-state index is 12.0. The Bertz CT molecular complexity index is 505. The summed E-state index contributed by atoms with van der Waals surface area (Å²) >= 11 is 5.90. The number of methoxy groups -OCH3 is 1. The minimum atomic E-state index is -0.600. The quantitative estimate of drug-likeness (QED) is 0.818. The number of carbonyl (C=O) groups excluding carboxylic acids is 2. The van der Waals surface area contributed by atoms with Gasteiger partial charge in [0.1, 0.15) is 0 Å². The average Bonchev–Trinajstić information content (AvgIpc) is 2.46. The Kier molecular flexibility index (Phi) is 5.98. The second kappa shape index (κ2) is 7.26. The van der Waals surface area contributed by atoms with Crippen LogP contribution in [0.2, 0.25) is 5.02 Å². The van der Waals surface area contributed by atoms with E-state index in [0.717, 1.165) is 6.42 Å². The predicted octanol–water partition coefficient (Wildman–Crippen LogP) is 2.44. The monoisotopic (exact) mass is 298 g/mol. The van der Waals surface area contributed by atoms with Crippen molar-refractivity contribution in [2.45, 2.75) is 26.3 Å². The molecule has 2 atom stereocenters. The molecule has 6 heteroatoms. The van der Waals surface area contributed by atoms with Crippen molar-refractivity contribution in [3.05, 3.63) is 28.8 Å². The second-order valence-corrected chi connectivity index (χ2v) is 4.99. The van der Waals surface area contributed by atoms with E-state index >= 15 is 0 Å². The van der Waals surface area contributed by atoms with Gasteiger partial charge in [-0.3, -0.25) is 4.79 Å². The van der Waals surface area contributed by atoms with E-state index in [4.69, 9.17) is 17.3 Å². The highest BCUT2D eigenvalue weighted by atomic mass is 35.5. The van der Waals surface area contributed by atoms with E-state index in [2.05, 4.69) is 10.1 Å². The van der Waals surface area contributed by atoms with Crippen LogP contribution >= 0.6 is 11.6 Å². The van der Waals surface area contributed by atoms with Crippen LogP contribution in [0.5, 0.6) is 0 Å². The molecular weight excluding hydrogens is 280 g/mol. The van der Waals surface area contributed by atoms with E-state index in [9.17, 15) is 9.59 Å². The number of halogens is 1. The van der Waals surface area contributed by atoms with Crippen LogP contribution in [-0.4, -0.2) is 25.0 Å². The number of esters is 1. The molecule has 0 aliphatic rings. The lowest BCUT2D eigenvalue weighted by Gasteiger charge is -2.18. The zero-order valence-electron chi connectivity index (χ0n) is 11.8. The summed E-state index contributed by atoms with van der Waals surface area (Å²) in [6, 6.07) is 4.00. The molecule has 20 heavy (non-hydrogen) atoms. The Balaban J connectivity index is 2.88. The highest BCUT2D eigenvalue weighted by Crippen LogP contribution is 2.21. The van der Waals surface area contributed by atoms with Crippen LogP contribution in [0.15, 0.2) is 18.2 Å². The van der Waals surface area contributed by atoms with E-state index in [1.54, 1.807) is 6.07 Å². The van der Waals surface area contributed by atoms with Crippen LogP contribution in [0.25, 0.3) is 0 Å². The number of hydrogen-bond donors (Lipinski definition) is 2. The largest absolute Gasteiger partial charge is 0.465 e. The van der Waals surface area contributed by atoms with E-state index in [1.165, 1.54) is 19.2 Å². The summed E-state index contributed by atoms with van der Waals surface area (Å²) in [7, 11) is 1.27. The SMILES string of the molecule is CCC(C)[C@H](N)C(=O)Nc1ccc(Cl)c(C(=O)OC)c1. The van der Waals surface area contributed by atoms with Crippen LogP contribution in [0.1, 0.15) is 30.6 Å². The fraction of sp³-hybridized carbons (Fsp3) is 0.429. The third kappa shape index (κ3) is 3.95. The molecule has 0 saturated heterocycles. The number of ether oxygens (including phenoxy) is 1. The predicted molar refractivity (Wildman–Crippen MR) is 78.9 cm³/mol. The molecule has 0 aromatic heterocycles. The molecule has 5 nitrogen and oxygen atoms in total. The summed E-state index contributed by atoms with van der Waals surface area (Å²) in [5.41, 5.74) is 6.50. The average molecular weight is 299 g/mol. The van der Waals surface area contributed by atoms with Gasteiger partial charge in [0.05, 0.1) is 23.7 Å². The lowest BCUT2D eigenvalue weighted by atomic mass is 9.99. The van der Waals surface area contributed by atoms with Crippen molar-refractivity contribution in [3.63, 3.8) is 0 Å². The second-order valence-electron chi connectivity index (χ2n) is 4.59. The third-order valence-electron chi connectivity index (χ3n) is 3.20. The van der Waals surface area contributed by atoms with Crippen molar-refractivity contribution < 1.29 is 14.3 Å². The first-order chi connectivity index (χ1) is 9.40. The van der Waals surface area contributed by atoms with Crippen LogP contribution in [0.3, 0.4) is 0 Å². The normalized spacial score (nSPS) is 13.4. The Hall–Kier alpha value is -1.59. The van der Waals surface area contributed by atoms with Crippen LogP contribution < -0.4 is 11.1 Å². The zero-order chi connectivity index (χ0) is 15.3. The lowest BCUT2D eigenvalue weighted by molar-refractivity contribution is -0.118. The van der Waals surface area contributed by atoms with Gasteiger partial charge in [-0.25, -0.2) is 4.79 Å². The van der Waals surface area contributed by atoms with E-state index < -0.39 is 12.0 Å². The molecule has 1 aromatic rings. The van der Waals surface area contributed by atoms with Crippen LogP contribution in [0.4, 0.5) is 5.69 Å². The van der Waals surface area contributed by atoms with Gasteiger partial charge >= 0.3 is 5.97 Å². The molecule has 0 heterocycles. The molecule has 0 spiro atoms. The molecule has 0 bridgehead atoms. The van der Waals surface area contributed by atoms with Gasteiger partial charge in [0.25, 0.3) is 0 Å². The summed E-state index contributed by atoms with van der Waals surface area (Å²) < 4.78 is 4.62. The first-order valence-electron chi connectivity index (χ1n) is 6.35. The van der Waals surface area contributed by atoms with Crippen LogP contribution in [-0.2, 0) is 9.53 Å². The smallest absolute Gasteiger partial charge is 0.339 e. The van der Waals surface area contributed by atoms with Gasteiger partial charge in [-0.2, -0.15) is 0 Å². The molecular formula is C14H19ClN2O3. The molecule has 1 rings (SSSR count). The summed E-state index contributed by atoms with van der Waals surface area (Å²) in [5.74, 6) is -0.780. The van der Waals surface area contributed by atoms with Crippen molar-refractivity contribution in [3.8, 4) is 0 Å². The fourth-order valence-electron chi connectivity index (χ4n) is 1.61. The molecule has 0 fully saturated rings. The Labute approximate surface area is 123 Å². The number of anilines is 1. The van der Waals surface area contributed by atoms with Gasteiger partial charge in [-0.05, 0) is 24.1 Å². The fourth-order valence-corrected chi connectivity index (χ4v) is 1.80. The molecule has 0 aliphatic carbocycles. The number of carbonyl (C=O) groups is 2. The van der Waals surface area contributed by atoms with Gasteiger partial charge in [0, 0.05) is 5.69 Å². The van der Waals surface area contributed by atoms with Crippen LogP contribution in [0, 0.1) is 5.92 Å². The minimum Gasteiger partial charge on any atom is -0.465 e. The first kappa shape index (κ1) is 16.5. The number of nitrogens with two attached hydrogens (primary N) is 1. The molecule has 0 saturated carbocycles. The van der Waals surface area contributed by atoms with Gasteiger partial charge in [0.15, 0.2) is 0 Å². The highest BCUT2D eigenvalue weighted by Gasteiger charge is 2.20. The topological polar surface area (TPSA) is 81.4 Å². The van der Waals surface area contributed by atoms with E-state index in [1.807, 2.05) is 13.8 Å². The Morgan fingerprint density at radius 2 is 2.10 bits per heavy atom. The summed E-state index contributed by atoms with van der Waals surface area (Å²) in [5, 5.41) is 2.94. The third-order valence-corrected chi connectivity index (χ3v) is 3.53. The summed E-state index contributed by atoms with van der Waals surface area (Å²) in [4.78, 5) is 23.5. The maximum atomic E-state index is 12.0. The highest BCUT2D eigenvalue weighted by molar-refractivity contribution is 6.33. The summed E-state index contributed by atoms with van der Waals surface area (Å²) in [6.45, 7) is 3.88. The lowest BCUT2D eigenvalue weighted by Crippen LogP contribution is -2.40. The standard InChI is InChI=1S/C14H19ClN2O3/c1-4-8(2)12(16)13(18)17-9-5-6-11(15)10(7-9)14(19)20-3/h5-8,12H,4,16H2,1-3H3,(H,17,18)/t8?,12-/m0/s1. The number of nitrogens with one attached hydrogen (secondary N) is 1. The van der Waals surface area contributed by atoms with Gasteiger partial charge in [0.2, 0.25) is 5.91 Å². The number of rotatable bonds is 5. The Morgan fingerprint density at radius 3 is 2.65 bits per heavy atom. The molecule has 1 amide bonds. The maximum Gasteiger partial charge on any atom is 0.339 e. The molecule has 0 radical (unpaired) electrons. The van der Waals surface area contributed by atoms with E-state index in [-0.39, 0.29) is 22.4 Å². The number of amides is 1. The first-order valence-corrected chi connectivity index (χ1v) is 6.72. The molecule has 3 N–H and O–H groups in total. The molecule has 1 aromatic carbocycles. The minimum absolute atomic E-state index is 0.0716. The van der Waals surface area contributed by atoms with Gasteiger partial charge < -0.3 is 15.8 Å². The molecule has 0 aliphatic heterocycles. The number of hydrogen-bond acceptors (Lipinski definition) is 4. The van der Waals surface area contributed by atoms with Gasteiger partial charge in [-0.15, -0.1) is 0 Å². The molecule has 110 valence electrons. The van der Waals surface area contributed by atoms with Crippen molar-refractivity contribution in [2.75, 3.05) is 12.4 Å². The van der Waals surface area contributed by atoms with Crippen molar-refractivity contribution >= 4 is 29.2 Å². The Morgan fingerprint density at radius 1 is 1.45 bits per heavy atom. The van der Waals surface area contributed by atoms with Gasteiger partial charge in [-0.1, -0.05) is 31.9 Å².